The van der Waals surface area contributed by atoms with Crippen molar-refractivity contribution in [3.8, 4) is 23.0 Å². The lowest BCUT2D eigenvalue weighted by atomic mass is 10.2. The van der Waals surface area contributed by atoms with Gasteiger partial charge < -0.3 is 19.3 Å². The first-order valence-electron chi connectivity index (χ1n) is 7.17. The summed E-state index contributed by atoms with van der Waals surface area (Å²) in [5.74, 6) is 1.61. The summed E-state index contributed by atoms with van der Waals surface area (Å²) in [6.07, 6.45) is 1.47. The number of hydrogen-bond acceptors (Lipinski definition) is 6. The van der Waals surface area contributed by atoms with Crippen LogP contribution in [0, 0.1) is 0 Å². The Morgan fingerprint density at radius 2 is 1.42 bits per heavy atom. The van der Waals surface area contributed by atoms with Crippen molar-refractivity contribution in [3.63, 3.8) is 0 Å². The standard InChI is InChI=1S/C10H12O3.C8H8O3/c1-3-13-9-5-4-8(7-11)6-10(9)12-2;1-11-8-4-6(5-9)2-3-7(8)10/h4-7H,3H2,1-2H3;2-5,10H,1H3. The average Bonchev–Trinajstić information content (AvgIpc) is 2.63. The van der Waals surface area contributed by atoms with Gasteiger partial charge in [-0.1, -0.05) is 0 Å². The Labute approximate surface area is 140 Å². The van der Waals surface area contributed by atoms with Crippen LogP contribution in [0.5, 0.6) is 23.0 Å². The number of ether oxygens (including phenoxy) is 3. The molecule has 6 heteroatoms. The van der Waals surface area contributed by atoms with Crippen LogP contribution in [0.25, 0.3) is 0 Å². The molecule has 0 aliphatic heterocycles. The Balaban J connectivity index is 0.000000243. The number of phenols is 1. The summed E-state index contributed by atoms with van der Waals surface area (Å²) in [6.45, 7) is 2.48. The van der Waals surface area contributed by atoms with Gasteiger partial charge in [-0.2, -0.15) is 0 Å². The first-order chi connectivity index (χ1) is 11.6. The molecule has 0 spiro atoms. The number of methoxy groups -OCH3 is 2. The lowest BCUT2D eigenvalue weighted by Gasteiger charge is -2.08. The van der Waals surface area contributed by atoms with E-state index in [0.717, 1.165) is 6.29 Å². The van der Waals surface area contributed by atoms with Crippen LogP contribution in [-0.4, -0.2) is 38.5 Å². The van der Waals surface area contributed by atoms with Crippen LogP contribution in [0.15, 0.2) is 36.4 Å². The zero-order valence-electron chi connectivity index (χ0n) is 13.8. The molecule has 0 saturated heterocycles. The van der Waals surface area contributed by atoms with Crippen LogP contribution in [0.4, 0.5) is 0 Å². The van der Waals surface area contributed by atoms with Crippen LogP contribution in [0.2, 0.25) is 0 Å². The van der Waals surface area contributed by atoms with E-state index in [9.17, 15) is 9.59 Å². The normalized spacial score (nSPS) is 9.29. The smallest absolute Gasteiger partial charge is 0.161 e. The molecule has 0 aliphatic carbocycles. The summed E-state index contributed by atoms with van der Waals surface area (Å²) in [5, 5.41) is 9.09. The average molecular weight is 332 g/mol. The Morgan fingerprint density at radius 1 is 0.875 bits per heavy atom. The topological polar surface area (TPSA) is 82.1 Å². The van der Waals surface area contributed by atoms with Gasteiger partial charge in [-0.3, -0.25) is 9.59 Å². The van der Waals surface area contributed by atoms with Crippen molar-refractivity contribution in [2.24, 2.45) is 0 Å². The molecule has 0 heterocycles. The largest absolute Gasteiger partial charge is 0.504 e. The van der Waals surface area contributed by atoms with Crippen LogP contribution in [0.3, 0.4) is 0 Å². The number of aldehydes is 2. The maximum absolute atomic E-state index is 10.4. The van der Waals surface area contributed by atoms with Crippen molar-refractivity contribution in [3.05, 3.63) is 47.5 Å². The first kappa shape index (κ1) is 19.0. The summed E-state index contributed by atoms with van der Waals surface area (Å²) in [5.41, 5.74) is 1.07. The predicted octanol–water partition coefficient (Wildman–Crippen LogP) is 3.12. The molecule has 0 bridgehead atoms. The van der Waals surface area contributed by atoms with E-state index in [1.165, 1.54) is 25.3 Å². The number of benzene rings is 2. The Morgan fingerprint density at radius 3 is 1.92 bits per heavy atom. The monoisotopic (exact) mass is 332 g/mol. The number of rotatable bonds is 6. The highest BCUT2D eigenvalue weighted by atomic mass is 16.5. The van der Waals surface area contributed by atoms with Crippen molar-refractivity contribution in [1.29, 1.82) is 0 Å². The second-order valence-electron chi connectivity index (χ2n) is 4.51. The van der Waals surface area contributed by atoms with Crippen LogP contribution < -0.4 is 14.2 Å². The second kappa shape index (κ2) is 9.89. The molecule has 0 amide bonds. The van der Waals surface area contributed by atoms with Crippen LogP contribution in [0.1, 0.15) is 27.6 Å². The number of phenolic OH excluding ortho intramolecular Hbond substituents is 1. The molecule has 128 valence electrons. The van der Waals surface area contributed by atoms with Crippen molar-refractivity contribution >= 4 is 12.6 Å². The number of aromatic hydroxyl groups is 1. The van der Waals surface area contributed by atoms with E-state index in [1.54, 1.807) is 25.3 Å². The third-order valence-corrected chi connectivity index (χ3v) is 2.96. The molecule has 0 radical (unpaired) electrons. The van der Waals surface area contributed by atoms with E-state index >= 15 is 0 Å². The van der Waals surface area contributed by atoms with E-state index in [2.05, 4.69) is 0 Å². The molecule has 2 aromatic rings. The third kappa shape index (κ3) is 5.31. The van der Waals surface area contributed by atoms with Gasteiger partial charge in [-0.05, 0) is 43.3 Å². The summed E-state index contributed by atoms with van der Waals surface area (Å²) >= 11 is 0. The highest BCUT2D eigenvalue weighted by Crippen LogP contribution is 2.27. The molecule has 6 nitrogen and oxygen atoms in total. The third-order valence-electron chi connectivity index (χ3n) is 2.96. The first-order valence-corrected chi connectivity index (χ1v) is 7.17. The minimum atomic E-state index is 0.0399. The maximum atomic E-state index is 10.4. The fourth-order valence-electron chi connectivity index (χ4n) is 1.80. The van der Waals surface area contributed by atoms with Crippen LogP contribution in [-0.2, 0) is 0 Å². The molecular formula is C18H20O6. The highest BCUT2D eigenvalue weighted by Gasteiger charge is 2.03. The highest BCUT2D eigenvalue weighted by molar-refractivity contribution is 5.76. The molecule has 0 fully saturated rings. The Bertz CT molecular complexity index is 681. The van der Waals surface area contributed by atoms with Crippen molar-refractivity contribution in [1.82, 2.24) is 0 Å². The van der Waals surface area contributed by atoms with Crippen LogP contribution >= 0.6 is 0 Å². The predicted molar refractivity (Wildman–Crippen MR) is 89.6 cm³/mol. The second-order valence-corrected chi connectivity index (χ2v) is 4.51. The fourth-order valence-corrected chi connectivity index (χ4v) is 1.80. The molecule has 0 saturated carbocycles. The quantitative estimate of drug-likeness (QED) is 0.819. The van der Waals surface area contributed by atoms with E-state index in [4.69, 9.17) is 19.3 Å². The zero-order chi connectivity index (χ0) is 17.9. The van der Waals surface area contributed by atoms with Gasteiger partial charge in [0.15, 0.2) is 23.0 Å². The summed E-state index contributed by atoms with van der Waals surface area (Å²) in [7, 11) is 2.98. The molecule has 2 aromatic carbocycles. The molecule has 2 rings (SSSR count). The molecule has 1 N–H and O–H groups in total. The van der Waals surface area contributed by atoms with Gasteiger partial charge in [-0.25, -0.2) is 0 Å². The summed E-state index contributed by atoms with van der Waals surface area (Å²) in [6, 6.07) is 9.49. The van der Waals surface area contributed by atoms with Gasteiger partial charge in [0.05, 0.1) is 20.8 Å². The number of hydrogen-bond donors (Lipinski definition) is 1. The van der Waals surface area contributed by atoms with Crippen molar-refractivity contribution in [2.75, 3.05) is 20.8 Å². The Hall–Kier alpha value is -3.02. The molecule has 0 aromatic heterocycles. The molecule has 24 heavy (non-hydrogen) atoms. The summed E-state index contributed by atoms with van der Waals surface area (Å²) in [4.78, 5) is 20.7. The summed E-state index contributed by atoms with van der Waals surface area (Å²) < 4.78 is 15.1. The lowest BCUT2D eigenvalue weighted by Crippen LogP contribution is -1.95. The fraction of sp³-hybridized carbons (Fsp3) is 0.222. The van der Waals surface area contributed by atoms with Crippen molar-refractivity contribution in [2.45, 2.75) is 6.92 Å². The van der Waals surface area contributed by atoms with E-state index in [0.29, 0.717) is 41.3 Å². The van der Waals surface area contributed by atoms with Crippen molar-refractivity contribution < 1.29 is 28.9 Å². The number of carbonyl (C=O) groups excluding carboxylic acids is 2. The molecular weight excluding hydrogens is 312 g/mol. The van der Waals surface area contributed by atoms with Gasteiger partial charge in [0.25, 0.3) is 0 Å². The van der Waals surface area contributed by atoms with E-state index in [-0.39, 0.29) is 5.75 Å². The van der Waals surface area contributed by atoms with E-state index in [1.807, 2.05) is 6.92 Å². The Kier molecular flexibility index (Phi) is 7.84. The lowest BCUT2D eigenvalue weighted by molar-refractivity contribution is 0.111. The zero-order valence-corrected chi connectivity index (χ0v) is 13.8. The van der Waals surface area contributed by atoms with Gasteiger partial charge >= 0.3 is 0 Å². The number of carbonyl (C=O) groups is 2. The molecule has 0 atom stereocenters. The minimum Gasteiger partial charge on any atom is -0.504 e. The van der Waals surface area contributed by atoms with E-state index < -0.39 is 0 Å². The van der Waals surface area contributed by atoms with Gasteiger partial charge in [-0.15, -0.1) is 0 Å². The molecule has 0 unspecified atom stereocenters. The minimum absolute atomic E-state index is 0.0399. The molecule has 0 aliphatic rings. The van der Waals surface area contributed by atoms with Gasteiger partial charge in [0, 0.05) is 11.1 Å². The van der Waals surface area contributed by atoms with Gasteiger partial charge in [0.1, 0.15) is 12.6 Å². The SMILES string of the molecule is CCOc1ccc(C=O)cc1OC.COc1cc(C=O)ccc1O. The van der Waals surface area contributed by atoms with Gasteiger partial charge in [0.2, 0.25) is 0 Å². The maximum Gasteiger partial charge on any atom is 0.161 e.